The smallest absolute Gasteiger partial charge is 0.231 e. The maximum atomic E-state index is 15.0. The number of nitriles is 1. The summed E-state index contributed by atoms with van der Waals surface area (Å²) in [5, 5.41) is 16.4. The van der Waals surface area contributed by atoms with Crippen molar-refractivity contribution in [2.45, 2.75) is 13.3 Å². The second kappa shape index (κ2) is 9.60. The first-order valence-corrected chi connectivity index (χ1v) is 11.6. The molecule has 35 heavy (non-hydrogen) atoms. The van der Waals surface area contributed by atoms with Crippen molar-refractivity contribution in [3.63, 3.8) is 0 Å². The quantitative estimate of drug-likeness (QED) is 0.376. The highest BCUT2D eigenvalue weighted by Crippen LogP contribution is 2.30. The van der Waals surface area contributed by atoms with Crippen molar-refractivity contribution >= 4 is 39.9 Å². The number of aryl methyl sites for hydroxylation is 1. The van der Waals surface area contributed by atoms with Crippen LogP contribution in [-0.4, -0.2) is 53.1 Å². The molecular formula is C26H27FN8. The molecule has 4 aromatic rings. The summed E-state index contributed by atoms with van der Waals surface area (Å²) >= 11 is 0. The second-order valence-electron chi connectivity index (χ2n) is 8.83. The lowest BCUT2D eigenvalue weighted by Crippen LogP contribution is -2.44. The number of anilines is 5. The van der Waals surface area contributed by atoms with Gasteiger partial charge in [0.15, 0.2) is 0 Å². The lowest BCUT2D eigenvalue weighted by molar-refractivity contribution is 0.311. The Morgan fingerprint density at radius 2 is 1.86 bits per heavy atom. The molecule has 3 N–H and O–H groups in total. The number of fused-ring (bicyclic) bond motifs is 1. The van der Waals surface area contributed by atoms with Gasteiger partial charge in [0.25, 0.3) is 0 Å². The molecule has 0 spiro atoms. The molecule has 8 nitrogen and oxygen atoms in total. The Bertz CT molecular complexity index is 1400. The Labute approximate surface area is 203 Å². The number of halogens is 1. The normalized spacial score (nSPS) is 14.2. The maximum Gasteiger partial charge on any atom is 0.231 e. The molecule has 1 saturated heterocycles. The number of aromatic amines is 1. The lowest BCUT2D eigenvalue weighted by Gasteiger charge is -2.34. The van der Waals surface area contributed by atoms with Crippen LogP contribution in [0.1, 0.15) is 11.1 Å². The van der Waals surface area contributed by atoms with Gasteiger partial charge in [-0.2, -0.15) is 15.2 Å². The third kappa shape index (κ3) is 4.88. The fraction of sp³-hybridized carbons (Fsp3) is 0.269. The summed E-state index contributed by atoms with van der Waals surface area (Å²) < 4.78 is 15.0. The van der Waals surface area contributed by atoms with Crippen LogP contribution in [0.5, 0.6) is 0 Å². The van der Waals surface area contributed by atoms with Gasteiger partial charge in [-0.15, -0.1) is 0 Å². The summed E-state index contributed by atoms with van der Waals surface area (Å²) in [6, 6.07) is 15.0. The lowest BCUT2D eigenvalue weighted by atomic mass is 10.1. The van der Waals surface area contributed by atoms with E-state index >= 15 is 0 Å². The SMILES string of the molecule is Cc1c[nH]c2nc(Nc3ccc(N4CCN(C)CC4)c(F)c3)nc(Nc3cccc(CC#N)c3)c12. The molecule has 178 valence electrons. The summed E-state index contributed by atoms with van der Waals surface area (Å²) in [6.45, 7) is 5.42. The summed E-state index contributed by atoms with van der Waals surface area (Å²) in [7, 11) is 2.08. The summed E-state index contributed by atoms with van der Waals surface area (Å²) in [4.78, 5) is 16.8. The number of hydrogen-bond donors (Lipinski definition) is 3. The van der Waals surface area contributed by atoms with E-state index in [9.17, 15) is 4.39 Å². The Kier molecular flexibility index (Phi) is 6.21. The first-order chi connectivity index (χ1) is 17.0. The molecule has 0 bridgehead atoms. The first kappa shape index (κ1) is 22.6. The highest BCUT2D eigenvalue weighted by molar-refractivity contribution is 5.93. The molecule has 2 aromatic heterocycles. The van der Waals surface area contributed by atoms with Gasteiger partial charge in [-0.1, -0.05) is 12.1 Å². The van der Waals surface area contributed by atoms with E-state index in [4.69, 9.17) is 10.2 Å². The number of nitrogens with one attached hydrogen (secondary N) is 3. The largest absolute Gasteiger partial charge is 0.367 e. The summed E-state index contributed by atoms with van der Waals surface area (Å²) in [6.07, 6.45) is 2.21. The molecule has 0 atom stereocenters. The zero-order valence-electron chi connectivity index (χ0n) is 19.8. The molecule has 1 fully saturated rings. The van der Waals surface area contributed by atoms with Gasteiger partial charge >= 0.3 is 0 Å². The van der Waals surface area contributed by atoms with Crippen molar-refractivity contribution in [2.24, 2.45) is 0 Å². The molecule has 1 aliphatic heterocycles. The van der Waals surface area contributed by atoms with Gasteiger partial charge < -0.3 is 25.4 Å². The predicted octanol–water partition coefficient (Wildman–Crippen LogP) is 4.71. The van der Waals surface area contributed by atoms with E-state index in [0.29, 0.717) is 35.2 Å². The molecule has 0 radical (unpaired) electrons. The van der Waals surface area contributed by atoms with Crippen LogP contribution in [0.15, 0.2) is 48.7 Å². The molecule has 3 heterocycles. The van der Waals surface area contributed by atoms with E-state index in [1.54, 1.807) is 6.07 Å². The third-order valence-corrected chi connectivity index (χ3v) is 6.25. The van der Waals surface area contributed by atoms with Crippen molar-refractivity contribution in [2.75, 3.05) is 48.8 Å². The van der Waals surface area contributed by atoms with E-state index < -0.39 is 0 Å². The van der Waals surface area contributed by atoms with Gasteiger partial charge in [0, 0.05) is 43.8 Å². The molecular weight excluding hydrogens is 443 g/mol. The van der Waals surface area contributed by atoms with E-state index in [1.165, 1.54) is 6.07 Å². The molecule has 2 aromatic carbocycles. The molecule has 0 amide bonds. The molecule has 0 saturated carbocycles. The molecule has 5 rings (SSSR count). The Balaban J connectivity index is 1.42. The van der Waals surface area contributed by atoms with Crippen molar-refractivity contribution in [1.29, 1.82) is 5.26 Å². The minimum atomic E-state index is -0.274. The van der Waals surface area contributed by atoms with Crippen LogP contribution in [0.25, 0.3) is 11.0 Å². The fourth-order valence-electron chi connectivity index (χ4n) is 4.34. The minimum Gasteiger partial charge on any atom is -0.367 e. The molecule has 9 heteroatoms. The Morgan fingerprint density at radius 1 is 1.06 bits per heavy atom. The number of piperazine rings is 1. The standard InChI is InChI=1S/C26H27FN8/c1-17-16-29-24-23(17)25(30-19-5-3-4-18(14-19)8-9-28)33-26(32-24)31-20-6-7-22(21(27)15-20)35-12-10-34(2)11-13-35/h3-7,14-16H,8,10-13H2,1-2H3,(H3,29,30,31,32,33). The van der Waals surface area contributed by atoms with Gasteiger partial charge in [-0.3, -0.25) is 0 Å². The highest BCUT2D eigenvalue weighted by Gasteiger charge is 2.18. The zero-order chi connectivity index (χ0) is 24.4. The number of likely N-dealkylation sites (N-methyl/N-ethyl adjacent to an activating group) is 1. The summed E-state index contributed by atoms with van der Waals surface area (Å²) in [5.41, 5.74) is 4.61. The Morgan fingerprint density at radius 3 is 2.63 bits per heavy atom. The number of nitrogens with zero attached hydrogens (tertiary/aromatic N) is 5. The van der Waals surface area contributed by atoms with Crippen molar-refractivity contribution < 1.29 is 4.39 Å². The van der Waals surface area contributed by atoms with E-state index in [2.05, 4.69) is 43.5 Å². The van der Waals surface area contributed by atoms with E-state index in [1.807, 2.05) is 43.5 Å². The topological polar surface area (TPSA) is 95.9 Å². The number of benzene rings is 2. The highest BCUT2D eigenvalue weighted by atomic mass is 19.1. The van der Waals surface area contributed by atoms with Crippen molar-refractivity contribution in [3.05, 3.63) is 65.6 Å². The van der Waals surface area contributed by atoms with Gasteiger partial charge in [0.1, 0.15) is 17.3 Å². The van der Waals surface area contributed by atoms with Crippen LogP contribution in [0.3, 0.4) is 0 Å². The third-order valence-electron chi connectivity index (χ3n) is 6.25. The van der Waals surface area contributed by atoms with Gasteiger partial charge in [0.05, 0.1) is 23.6 Å². The van der Waals surface area contributed by atoms with Gasteiger partial charge in [-0.25, -0.2) is 4.39 Å². The van der Waals surface area contributed by atoms with Crippen LogP contribution in [0, 0.1) is 24.1 Å². The van der Waals surface area contributed by atoms with Gasteiger partial charge in [-0.05, 0) is 55.4 Å². The average molecular weight is 471 g/mol. The van der Waals surface area contributed by atoms with Crippen molar-refractivity contribution in [1.82, 2.24) is 19.9 Å². The van der Waals surface area contributed by atoms with Crippen molar-refractivity contribution in [3.8, 4) is 6.07 Å². The number of aromatic nitrogens is 3. The molecule has 0 unspecified atom stereocenters. The van der Waals surface area contributed by atoms with Crippen LogP contribution in [-0.2, 0) is 6.42 Å². The summed E-state index contributed by atoms with van der Waals surface area (Å²) in [5.74, 6) is 0.700. The monoisotopic (exact) mass is 470 g/mol. The second-order valence-corrected chi connectivity index (χ2v) is 8.83. The number of hydrogen-bond acceptors (Lipinski definition) is 7. The van der Waals surface area contributed by atoms with Gasteiger partial charge in [0.2, 0.25) is 5.95 Å². The molecule has 0 aliphatic carbocycles. The van der Waals surface area contributed by atoms with E-state index in [0.717, 1.165) is 48.4 Å². The van der Waals surface area contributed by atoms with E-state index in [-0.39, 0.29) is 5.82 Å². The van der Waals surface area contributed by atoms with Crippen LogP contribution >= 0.6 is 0 Å². The maximum absolute atomic E-state index is 15.0. The predicted molar refractivity (Wildman–Crippen MR) is 137 cm³/mol. The fourth-order valence-corrected chi connectivity index (χ4v) is 4.34. The average Bonchev–Trinajstić information content (AvgIpc) is 3.21. The number of rotatable bonds is 6. The van der Waals surface area contributed by atoms with Crippen LogP contribution < -0.4 is 15.5 Å². The first-order valence-electron chi connectivity index (χ1n) is 11.6. The molecule has 1 aliphatic rings. The zero-order valence-corrected chi connectivity index (χ0v) is 19.8. The number of H-pyrrole nitrogens is 1. The van der Waals surface area contributed by atoms with Crippen LogP contribution in [0.2, 0.25) is 0 Å². The van der Waals surface area contributed by atoms with Crippen LogP contribution in [0.4, 0.5) is 33.2 Å². The minimum absolute atomic E-state index is 0.274. The Hall–Kier alpha value is -4.16.